The average Bonchev–Trinajstić information content (AvgIpc) is 3.26. The first kappa shape index (κ1) is 26.3. The highest BCUT2D eigenvalue weighted by Crippen LogP contribution is 2.32. The van der Waals surface area contributed by atoms with Crippen molar-refractivity contribution < 1.29 is 9.53 Å². The van der Waals surface area contributed by atoms with Gasteiger partial charge in [-0.3, -0.25) is 9.69 Å². The topological polar surface area (TPSA) is 75.5 Å². The molecule has 3 aromatic rings. The Morgan fingerprint density at radius 3 is 2.53 bits per heavy atom. The Labute approximate surface area is 222 Å². The van der Waals surface area contributed by atoms with E-state index >= 15 is 0 Å². The number of carbonyl (C=O) groups is 1. The number of unbranched alkanes of at least 4 members (excludes halogenated alkanes) is 1. The smallest absolute Gasteiger partial charge is 0.273 e. The van der Waals surface area contributed by atoms with Gasteiger partial charge in [0.05, 0.1) is 35.1 Å². The molecule has 1 aromatic heterocycles. The van der Waals surface area contributed by atoms with Crippen LogP contribution in [0.4, 0.5) is 5.69 Å². The maximum Gasteiger partial charge on any atom is 0.273 e. The number of amides is 1. The van der Waals surface area contributed by atoms with Crippen LogP contribution < -0.4 is 15.0 Å². The summed E-state index contributed by atoms with van der Waals surface area (Å²) in [5.41, 5.74) is 3.19. The molecule has 0 unspecified atom stereocenters. The largest absolute Gasteiger partial charge is 0.497 e. The van der Waals surface area contributed by atoms with Gasteiger partial charge in [-0.05, 0) is 56.1 Å². The number of nitrogens with one attached hydrogen (secondary N) is 1. The van der Waals surface area contributed by atoms with Gasteiger partial charge in [-0.25, -0.2) is 4.68 Å². The van der Waals surface area contributed by atoms with Crippen LogP contribution in [0.25, 0.3) is 0 Å². The predicted octanol–water partition coefficient (Wildman–Crippen LogP) is 4.28. The maximum absolute atomic E-state index is 12.6. The van der Waals surface area contributed by atoms with Crippen molar-refractivity contribution in [2.45, 2.75) is 26.3 Å². The number of carbonyl (C=O) groups excluding carboxylic acids is 1. The quantitative estimate of drug-likeness (QED) is 0.394. The first-order valence-corrected chi connectivity index (χ1v) is 12.9. The lowest BCUT2D eigenvalue weighted by Gasteiger charge is -2.36. The van der Waals surface area contributed by atoms with E-state index < -0.39 is 0 Å². The van der Waals surface area contributed by atoms with E-state index in [1.165, 1.54) is 0 Å². The van der Waals surface area contributed by atoms with Crippen LogP contribution in [0.1, 0.15) is 34.6 Å². The minimum atomic E-state index is -0.180. The van der Waals surface area contributed by atoms with Gasteiger partial charge in [-0.1, -0.05) is 46.6 Å². The number of anilines is 1. The molecule has 10 heteroatoms. The second kappa shape index (κ2) is 12.4. The molecule has 2 heterocycles. The van der Waals surface area contributed by atoms with E-state index in [0.29, 0.717) is 28.8 Å². The minimum absolute atomic E-state index is 0.180. The molecule has 1 N–H and O–H groups in total. The molecule has 1 fully saturated rings. The van der Waals surface area contributed by atoms with E-state index in [0.717, 1.165) is 68.3 Å². The summed E-state index contributed by atoms with van der Waals surface area (Å²) < 4.78 is 6.94. The summed E-state index contributed by atoms with van der Waals surface area (Å²) in [6.07, 6.45) is 1.92. The summed E-state index contributed by atoms with van der Waals surface area (Å²) in [6, 6.07) is 13.5. The van der Waals surface area contributed by atoms with Crippen LogP contribution >= 0.6 is 23.2 Å². The number of methoxy groups -OCH3 is 1. The lowest BCUT2D eigenvalue weighted by molar-refractivity contribution is 0.0946. The van der Waals surface area contributed by atoms with Gasteiger partial charge in [0.2, 0.25) is 0 Å². The second-order valence-electron chi connectivity index (χ2n) is 8.89. The third-order valence-corrected chi connectivity index (χ3v) is 7.33. The van der Waals surface area contributed by atoms with Crippen molar-refractivity contribution in [3.63, 3.8) is 0 Å². The van der Waals surface area contributed by atoms with Crippen molar-refractivity contribution in [3.05, 3.63) is 69.5 Å². The summed E-state index contributed by atoms with van der Waals surface area (Å²) in [5.74, 6) is 0.624. The van der Waals surface area contributed by atoms with Gasteiger partial charge < -0.3 is 15.0 Å². The molecule has 192 valence electrons. The molecule has 0 radical (unpaired) electrons. The van der Waals surface area contributed by atoms with Crippen molar-refractivity contribution in [2.75, 3.05) is 51.3 Å². The number of hydrogen-bond acceptors (Lipinski definition) is 6. The summed E-state index contributed by atoms with van der Waals surface area (Å²) >= 11 is 12.5. The Kier molecular flexibility index (Phi) is 9.07. The standard InChI is InChI=1S/C26H32Cl2N6O2/c1-19-25(30-31-34(19)18-20-8-10-21(36-2)11-9-20)26(35)29-12-3-4-13-32-14-16-33(17-15-32)23-7-5-6-22(27)24(23)28/h5-11H,3-4,12-18H2,1-2H3,(H,29,35). The molecule has 1 aliphatic heterocycles. The fourth-order valence-electron chi connectivity index (χ4n) is 4.32. The number of piperazine rings is 1. The molecule has 1 aliphatic rings. The van der Waals surface area contributed by atoms with Crippen molar-refractivity contribution in [3.8, 4) is 5.75 Å². The molecule has 1 saturated heterocycles. The zero-order chi connectivity index (χ0) is 25.5. The van der Waals surface area contributed by atoms with Gasteiger partial charge in [0.1, 0.15) is 5.75 Å². The summed E-state index contributed by atoms with van der Waals surface area (Å²) in [6.45, 7) is 7.83. The number of benzene rings is 2. The molecule has 0 bridgehead atoms. The van der Waals surface area contributed by atoms with Gasteiger partial charge in [0.25, 0.3) is 5.91 Å². The summed E-state index contributed by atoms with van der Waals surface area (Å²) in [4.78, 5) is 17.4. The first-order chi connectivity index (χ1) is 17.5. The highest BCUT2D eigenvalue weighted by Gasteiger charge is 2.20. The van der Waals surface area contributed by atoms with Gasteiger partial charge >= 0.3 is 0 Å². The molecule has 2 aromatic carbocycles. The van der Waals surface area contributed by atoms with Crippen LogP contribution in [-0.2, 0) is 6.54 Å². The number of hydrogen-bond donors (Lipinski definition) is 1. The van der Waals surface area contributed by atoms with Crippen LogP contribution in [0.15, 0.2) is 42.5 Å². The SMILES string of the molecule is COc1ccc(Cn2nnc(C(=O)NCCCCN3CCN(c4cccc(Cl)c4Cl)CC3)c2C)cc1. The maximum atomic E-state index is 12.6. The number of halogens is 2. The Morgan fingerprint density at radius 2 is 1.81 bits per heavy atom. The first-order valence-electron chi connectivity index (χ1n) is 12.2. The van der Waals surface area contributed by atoms with Gasteiger partial charge in [0.15, 0.2) is 5.69 Å². The van der Waals surface area contributed by atoms with E-state index in [1.807, 2.05) is 49.4 Å². The highest BCUT2D eigenvalue weighted by atomic mass is 35.5. The Hall–Kier alpha value is -2.81. The van der Waals surface area contributed by atoms with E-state index in [9.17, 15) is 4.79 Å². The van der Waals surface area contributed by atoms with Crippen LogP contribution in [0.5, 0.6) is 5.75 Å². The number of rotatable bonds is 10. The van der Waals surface area contributed by atoms with Gasteiger partial charge in [-0.15, -0.1) is 5.10 Å². The van der Waals surface area contributed by atoms with Crippen molar-refractivity contribution in [1.29, 1.82) is 0 Å². The molecule has 8 nitrogen and oxygen atoms in total. The van der Waals surface area contributed by atoms with E-state index in [1.54, 1.807) is 11.8 Å². The normalized spacial score (nSPS) is 14.2. The Morgan fingerprint density at radius 1 is 1.06 bits per heavy atom. The van der Waals surface area contributed by atoms with E-state index in [2.05, 4.69) is 25.4 Å². The van der Waals surface area contributed by atoms with Crippen LogP contribution in [0, 0.1) is 6.92 Å². The number of ether oxygens (including phenoxy) is 1. The summed E-state index contributed by atoms with van der Waals surface area (Å²) in [7, 11) is 1.64. The third-order valence-electron chi connectivity index (χ3n) is 6.52. The second-order valence-corrected chi connectivity index (χ2v) is 9.68. The van der Waals surface area contributed by atoms with Crippen LogP contribution in [0.2, 0.25) is 10.0 Å². The van der Waals surface area contributed by atoms with Crippen molar-refractivity contribution in [2.24, 2.45) is 0 Å². The predicted molar refractivity (Wildman–Crippen MR) is 144 cm³/mol. The van der Waals surface area contributed by atoms with Crippen molar-refractivity contribution >= 4 is 34.8 Å². The zero-order valence-electron chi connectivity index (χ0n) is 20.7. The van der Waals surface area contributed by atoms with Crippen LogP contribution in [0.3, 0.4) is 0 Å². The average molecular weight is 531 g/mol. The van der Waals surface area contributed by atoms with E-state index in [-0.39, 0.29) is 5.91 Å². The molecule has 1 amide bonds. The van der Waals surface area contributed by atoms with E-state index in [4.69, 9.17) is 27.9 Å². The van der Waals surface area contributed by atoms with Gasteiger partial charge in [0, 0.05) is 32.7 Å². The molecule has 0 spiro atoms. The lowest BCUT2D eigenvalue weighted by Crippen LogP contribution is -2.46. The Balaban J connectivity index is 1.16. The number of nitrogens with zero attached hydrogens (tertiary/aromatic N) is 5. The third kappa shape index (κ3) is 6.49. The molecular weight excluding hydrogens is 499 g/mol. The fourth-order valence-corrected chi connectivity index (χ4v) is 4.73. The molecule has 36 heavy (non-hydrogen) atoms. The summed E-state index contributed by atoms with van der Waals surface area (Å²) in [5, 5.41) is 12.5. The zero-order valence-corrected chi connectivity index (χ0v) is 22.2. The number of aromatic nitrogens is 3. The van der Waals surface area contributed by atoms with Crippen molar-refractivity contribution in [1.82, 2.24) is 25.2 Å². The lowest BCUT2D eigenvalue weighted by atomic mass is 10.2. The monoisotopic (exact) mass is 530 g/mol. The molecular formula is C26H32Cl2N6O2. The Bertz CT molecular complexity index is 1160. The molecule has 0 saturated carbocycles. The van der Waals surface area contributed by atoms with Crippen LogP contribution in [-0.4, -0.2) is 72.2 Å². The molecule has 0 aliphatic carbocycles. The highest BCUT2D eigenvalue weighted by molar-refractivity contribution is 6.43. The minimum Gasteiger partial charge on any atom is -0.497 e. The fraction of sp³-hybridized carbons (Fsp3) is 0.423. The molecule has 0 atom stereocenters. The van der Waals surface area contributed by atoms with Gasteiger partial charge in [-0.2, -0.15) is 0 Å². The molecule has 4 rings (SSSR count).